The summed E-state index contributed by atoms with van der Waals surface area (Å²) in [6, 6.07) is 10.1. The van der Waals surface area contributed by atoms with Crippen molar-refractivity contribution in [3.63, 3.8) is 0 Å². The summed E-state index contributed by atoms with van der Waals surface area (Å²) in [6.45, 7) is 0.254. The molecule has 0 aliphatic carbocycles. The number of benzene rings is 1. The minimum atomic E-state index is -1.01. The van der Waals surface area contributed by atoms with Crippen molar-refractivity contribution in [2.45, 2.75) is 18.6 Å². The molecule has 2 N–H and O–H groups in total. The highest BCUT2D eigenvalue weighted by molar-refractivity contribution is 5.93. The van der Waals surface area contributed by atoms with Crippen molar-refractivity contribution < 1.29 is 19.4 Å². The first-order valence-electron chi connectivity index (χ1n) is 8.13. The zero-order valence-electron chi connectivity index (χ0n) is 14.2. The van der Waals surface area contributed by atoms with Crippen LogP contribution < -0.4 is 10.9 Å². The molecule has 8 heteroatoms. The van der Waals surface area contributed by atoms with Crippen molar-refractivity contribution in [1.29, 1.82) is 0 Å². The zero-order chi connectivity index (χ0) is 18.7. The molecule has 3 rings (SSSR count). The van der Waals surface area contributed by atoms with Crippen LogP contribution in [0.25, 0.3) is 5.69 Å². The number of hydrogen-bond acceptors (Lipinski definition) is 5. The number of likely N-dealkylation sites (tertiary alicyclic amines) is 1. The van der Waals surface area contributed by atoms with Crippen molar-refractivity contribution in [3.8, 4) is 5.69 Å². The van der Waals surface area contributed by atoms with Crippen LogP contribution in [0.1, 0.15) is 6.42 Å². The average Bonchev–Trinajstić information content (AvgIpc) is 3.04. The first kappa shape index (κ1) is 17.7. The molecule has 2 amide bonds. The lowest BCUT2D eigenvalue weighted by Crippen LogP contribution is -2.47. The molecule has 0 saturated carbocycles. The fraction of sp³-hybridized carbons (Fsp3) is 0.278. The lowest BCUT2D eigenvalue weighted by atomic mass is 10.2. The number of ether oxygens (including phenoxy) is 1. The SMILES string of the molecule is COC(=O)[C@@H]1[C@@H](O)CCN1C(=O)Nc1ccc(-n2ccccc2=O)cc1. The topological polar surface area (TPSA) is 101 Å². The summed E-state index contributed by atoms with van der Waals surface area (Å²) in [5.41, 5.74) is 1.02. The van der Waals surface area contributed by atoms with E-state index in [1.165, 1.54) is 22.6 Å². The minimum Gasteiger partial charge on any atom is -0.467 e. The van der Waals surface area contributed by atoms with Gasteiger partial charge in [-0.1, -0.05) is 6.07 Å². The monoisotopic (exact) mass is 357 g/mol. The Morgan fingerprint density at radius 1 is 1.19 bits per heavy atom. The lowest BCUT2D eigenvalue weighted by molar-refractivity contribution is -0.147. The van der Waals surface area contributed by atoms with Crippen molar-refractivity contribution in [3.05, 3.63) is 59.0 Å². The summed E-state index contributed by atoms with van der Waals surface area (Å²) in [5, 5.41) is 12.6. The summed E-state index contributed by atoms with van der Waals surface area (Å²) in [6.07, 6.45) is 1.02. The Hall–Kier alpha value is -3.13. The summed E-state index contributed by atoms with van der Waals surface area (Å²) in [5.74, 6) is -0.649. The molecule has 26 heavy (non-hydrogen) atoms. The Morgan fingerprint density at radius 3 is 2.58 bits per heavy atom. The maximum absolute atomic E-state index is 12.4. The molecule has 0 spiro atoms. The lowest BCUT2D eigenvalue weighted by Gasteiger charge is -2.24. The zero-order valence-corrected chi connectivity index (χ0v) is 14.2. The van der Waals surface area contributed by atoms with Crippen molar-refractivity contribution in [2.75, 3.05) is 19.0 Å². The van der Waals surface area contributed by atoms with Gasteiger partial charge in [-0.2, -0.15) is 0 Å². The summed E-state index contributed by atoms with van der Waals surface area (Å²) >= 11 is 0. The van der Waals surface area contributed by atoms with E-state index in [4.69, 9.17) is 0 Å². The molecule has 1 aliphatic heterocycles. The van der Waals surface area contributed by atoms with E-state index < -0.39 is 24.1 Å². The van der Waals surface area contributed by atoms with Gasteiger partial charge in [0.2, 0.25) is 0 Å². The quantitative estimate of drug-likeness (QED) is 0.798. The number of nitrogens with one attached hydrogen (secondary N) is 1. The van der Waals surface area contributed by atoms with Crippen LogP contribution in [0.2, 0.25) is 0 Å². The molecule has 0 radical (unpaired) electrons. The highest BCUT2D eigenvalue weighted by atomic mass is 16.5. The fourth-order valence-electron chi connectivity index (χ4n) is 2.95. The summed E-state index contributed by atoms with van der Waals surface area (Å²) < 4.78 is 6.14. The highest BCUT2D eigenvalue weighted by Gasteiger charge is 2.41. The molecular formula is C18H19N3O5. The van der Waals surface area contributed by atoms with Crippen LogP contribution in [-0.2, 0) is 9.53 Å². The van der Waals surface area contributed by atoms with E-state index in [0.717, 1.165) is 0 Å². The van der Waals surface area contributed by atoms with Crippen LogP contribution in [0.15, 0.2) is 53.5 Å². The van der Waals surface area contributed by atoms with Crippen molar-refractivity contribution in [2.24, 2.45) is 0 Å². The Bertz CT molecular complexity index is 862. The van der Waals surface area contributed by atoms with E-state index in [9.17, 15) is 19.5 Å². The van der Waals surface area contributed by atoms with Gasteiger partial charge in [0.1, 0.15) is 0 Å². The van der Waals surface area contributed by atoms with Crippen molar-refractivity contribution >= 4 is 17.7 Å². The third-order valence-corrected chi connectivity index (χ3v) is 4.29. The molecule has 1 saturated heterocycles. The van der Waals surface area contributed by atoms with Gasteiger partial charge in [0.05, 0.1) is 13.2 Å². The third kappa shape index (κ3) is 3.45. The number of aromatic nitrogens is 1. The molecule has 2 heterocycles. The van der Waals surface area contributed by atoms with Gasteiger partial charge < -0.3 is 20.1 Å². The molecule has 0 unspecified atom stereocenters. The average molecular weight is 357 g/mol. The Morgan fingerprint density at radius 2 is 1.92 bits per heavy atom. The number of amides is 2. The van der Waals surface area contributed by atoms with Gasteiger partial charge in [-0.15, -0.1) is 0 Å². The van der Waals surface area contributed by atoms with Crippen LogP contribution in [0.4, 0.5) is 10.5 Å². The second-order valence-electron chi connectivity index (χ2n) is 5.90. The van der Waals surface area contributed by atoms with E-state index in [2.05, 4.69) is 10.1 Å². The Labute approximate surface area is 149 Å². The first-order valence-corrected chi connectivity index (χ1v) is 8.13. The number of carbonyl (C=O) groups is 2. The molecule has 136 valence electrons. The van der Waals surface area contributed by atoms with E-state index in [-0.39, 0.29) is 12.1 Å². The third-order valence-electron chi connectivity index (χ3n) is 4.29. The molecule has 1 fully saturated rings. The van der Waals surface area contributed by atoms with Gasteiger partial charge >= 0.3 is 12.0 Å². The molecule has 1 aromatic carbocycles. The van der Waals surface area contributed by atoms with Gasteiger partial charge in [-0.05, 0) is 36.8 Å². The number of aliphatic hydroxyl groups is 1. The largest absolute Gasteiger partial charge is 0.467 e. The smallest absolute Gasteiger partial charge is 0.331 e. The second kappa shape index (κ2) is 7.40. The first-order chi connectivity index (χ1) is 12.5. The number of nitrogens with zero attached hydrogens (tertiary/aromatic N) is 2. The number of hydrogen-bond donors (Lipinski definition) is 2. The van der Waals surface area contributed by atoms with Crippen LogP contribution in [0.3, 0.4) is 0 Å². The number of pyridine rings is 1. The standard InChI is InChI=1S/C18H19N3O5/c1-26-17(24)16-14(22)9-11-21(16)18(25)19-12-5-7-13(8-6-12)20-10-3-2-4-15(20)23/h2-8,10,14,16,22H,9,11H2,1H3,(H,19,25)/t14-,16-/m0/s1. The number of urea groups is 1. The highest BCUT2D eigenvalue weighted by Crippen LogP contribution is 2.21. The second-order valence-corrected chi connectivity index (χ2v) is 5.90. The maximum Gasteiger partial charge on any atom is 0.331 e. The number of carbonyl (C=O) groups excluding carboxylic acids is 2. The normalized spacial score (nSPS) is 19.2. The van der Waals surface area contributed by atoms with E-state index in [1.807, 2.05) is 0 Å². The van der Waals surface area contributed by atoms with E-state index >= 15 is 0 Å². The molecule has 2 aromatic rings. The number of methoxy groups -OCH3 is 1. The van der Waals surface area contributed by atoms with Gasteiger partial charge in [-0.25, -0.2) is 9.59 Å². The van der Waals surface area contributed by atoms with Crippen LogP contribution in [-0.4, -0.2) is 52.4 Å². The Balaban J connectivity index is 1.73. The molecular weight excluding hydrogens is 338 g/mol. The molecule has 1 aliphatic rings. The molecule has 2 atom stereocenters. The van der Waals surface area contributed by atoms with E-state index in [0.29, 0.717) is 17.8 Å². The van der Waals surface area contributed by atoms with Crippen LogP contribution >= 0.6 is 0 Å². The van der Waals surface area contributed by atoms with Gasteiger partial charge in [0.15, 0.2) is 6.04 Å². The number of aliphatic hydroxyl groups excluding tert-OH is 1. The molecule has 1 aromatic heterocycles. The van der Waals surface area contributed by atoms with Crippen LogP contribution in [0.5, 0.6) is 0 Å². The Kier molecular flexibility index (Phi) is 5.04. The fourth-order valence-corrected chi connectivity index (χ4v) is 2.95. The minimum absolute atomic E-state index is 0.156. The summed E-state index contributed by atoms with van der Waals surface area (Å²) in [7, 11) is 1.22. The number of esters is 1. The van der Waals surface area contributed by atoms with Crippen LogP contribution in [0, 0.1) is 0 Å². The predicted octanol–water partition coefficient (Wildman–Crippen LogP) is 0.978. The molecule has 0 bridgehead atoms. The van der Waals surface area contributed by atoms with E-state index in [1.54, 1.807) is 42.6 Å². The van der Waals surface area contributed by atoms with Gasteiger partial charge in [0, 0.05) is 30.2 Å². The summed E-state index contributed by atoms with van der Waals surface area (Å²) in [4.78, 5) is 37.3. The van der Waals surface area contributed by atoms with Gasteiger partial charge in [0.25, 0.3) is 5.56 Å². The van der Waals surface area contributed by atoms with Gasteiger partial charge in [-0.3, -0.25) is 9.36 Å². The predicted molar refractivity (Wildman–Crippen MR) is 94.2 cm³/mol. The number of rotatable bonds is 3. The van der Waals surface area contributed by atoms with Crippen molar-refractivity contribution in [1.82, 2.24) is 9.47 Å². The number of anilines is 1. The molecule has 8 nitrogen and oxygen atoms in total. The maximum atomic E-state index is 12.4.